The molecule has 0 saturated carbocycles. The molecule has 0 bridgehead atoms. The van der Waals surface area contributed by atoms with Crippen LogP contribution in [0.4, 0.5) is 0 Å². The van der Waals surface area contributed by atoms with Crippen LogP contribution in [0.1, 0.15) is 50.5 Å². The van der Waals surface area contributed by atoms with E-state index in [-0.39, 0.29) is 0 Å². The summed E-state index contributed by atoms with van der Waals surface area (Å²) in [4.78, 5) is 18.5. The van der Waals surface area contributed by atoms with Crippen molar-refractivity contribution < 1.29 is 4.79 Å². The Bertz CT molecular complexity index is 378. The summed E-state index contributed by atoms with van der Waals surface area (Å²) in [6, 6.07) is 0. The van der Waals surface area contributed by atoms with Crippen LogP contribution in [0.15, 0.2) is 11.6 Å². The van der Waals surface area contributed by atoms with Gasteiger partial charge in [-0.3, -0.25) is 4.79 Å². The van der Waals surface area contributed by atoms with Crippen molar-refractivity contribution in [2.45, 2.75) is 51.9 Å². The van der Waals surface area contributed by atoms with Gasteiger partial charge in [-0.1, -0.05) is 19.8 Å². The lowest BCUT2D eigenvalue weighted by Gasteiger charge is -2.20. The molecule has 1 aromatic heterocycles. The van der Waals surface area contributed by atoms with Crippen LogP contribution in [0.3, 0.4) is 0 Å². The Hall–Kier alpha value is -0.900. The molecule has 0 N–H and O–H groups in total. The van der Waals surface area contributed by atoms with Crippen molar-refractivity contribution in [1.29, 1.82) is 0 Å². The van der Waals surface area contributed by atoms with Gasteiger partial charge < -0.3 is 4.90 Å². The third kappa shape index (κ3) is 4.60. The maximum Gasteiger partial charge on any atom is 0.222 e. The molecule has 3 nitrogen and oxygen atoms in total. The molecule has 0 radical (unpaired) electrons. The Kier molecular flexibility index (Phi) is 5.83. The summed E-state index contributed by atoms with van der Waals surface area (Å²) in [6.45, 7) is 4.17. The smallest absolute Gasteiger partial charge is 0.222 e. The number of aromatic nitrogens is 1. The third-order valence-corrected chi connectivity index (χ3v) is 4.77. The van der Waals surface area contributed by atoms with Gasteiger partial charge in [0.2, 0.25) is 5.91 Å². The van der Waals surface area contributed by atoms with Gasteiger partial charge in [0.05, 0.1) is 5.01 Å². The minimum atomic E-state index is 0.312. The van der Waals surface area contributed by atoms with Crippen LogP contribution in [-0.4, -0.2) is 28.9 Å². The number of thiazole rings is 1. The van der Waals surface area contributed by atoms with Gasteiger partial charge in [0.25, 0.3) is 0 Å². The summed E-state index contributed by atoms with van der Waals surface area (Å²) in [5.74, 6) is 1.15. The van der Waals surface area contributed by atoms with E-state index in [1.54, 1.807) is 11.3 Å². The fourth-order valence-corrected chi connectivity index (χ4v) is 3.48. The molecule has 0 aliphatic carbocycles. The van der Waals surface area contributed by atoms with Crippen molar-refractivity contribution in [3.05, 3.63) is 16.6 Å². The molecule has 1 aliphatic heterocycles. The van der Waals surface area contributed by atoms with E-state index in [2.05, 4.69) is 16.8 Å². The van der Waals surface area contributed by atoms with E-state index < -0.39 is 0 Å². The fraction of sp³-hybridized carbons (Fsp3) is 0.733. The summed E-state index contributed by atoms with van der Waals surface area (Å²) < 4.78 is 0. The number of hydrogen-bond donors (Lipinski definition) is 0. The van der Waals surface area contributed by atoms with E-state index in [0.717, 1.165) is 30.4 Å². The lowest BCUT2D eigenvalue weighted by molar-refractivity contribution is -0.131. The first kappa shape index (κ1) is 14.5. The first-order valence-corrected chi connectivity index (χ1v) is 8.33. The van der Waals surface area contributed by atoms with E-state index in [4.69, 9.17) is 0 Å². The molecule has 1 saturated heterocycles. The Morgan fingerprint density at radius 2 is 2.37 bits per heavy atom. The monoisotopic (exact) mass is 280 g/mol. The molecule has 106 valence electrons. The van der Waals surface area contributed by atoms with E-state index in [1.807, 2.05) is 11.6 Å². The molecule has 1 fully saturated rings. The molecule has 1 aliphatic rings. The predicted octanol–water partition coefficient (Wildman–Crippen LogP) is 3.50. The topological polar surface area (TPSA) is 33.2 Å². The maximum atomic E-state index is 12.2. The number of nitrogens with zero attached hydrogens (tertiary/aromatic N) is 2. The van der Waals surface area contributed by atoms with Gasteiger partial charge in [0, 0.05) is 37.5 Å². The Balaban J connectivity index is 1.76. The van der Waals surface area contributed by atoms with Crippen LogP contribution in [0.25, 0.3) is 0 Å². The van der Waals surface area contributed by atoms with E-state index in [1.165, 1.54) is 32.1 Å². The predicted molar refractivity (Wildman–Crippen MR) is 79.3 cm³/mol. The van der Waals surface area contributed by atoms with Crippen LogP contribution >= 0.6 is 11.3 Å². The molecule has 4 heteroatoms. The van der Waals surface area contributed by atoms with Crippen LogP contribution in [0.5, 0.6) is 0 Å². The fourth-order valence-electron chi connectivity index (χ4n) is 2.86. The largest absolute Gasteiger partial charge is 0.343 e. The highest BCUT2D eigenvalue weighted by molar-refractivity contribution is 7.09. The molecule has 0 unspecified atom stereocenters. The summed E-state index contributed by atoms with van der Waals surface area (Å²) in [6.07, 6.45) is 9.47. The van der Waals surface area contributed by atoms with Crippen molar-refractivity contribution in [2.75, 3.05) is 13.1 Å². The highest BCUT2D eigenvalue weighted by Crippen LogP contribution is 2.22. The minimum absolute atomic E-state index is 0.312. The van der Waals surface area contributed by atoms with E-state index in [9.17, 15) is 4.79 Å². The normalized spacial score (nSPS) is 20.3. The molecular formula is C15H24N2OS. The van der Waals surface area contributed by atoms with Crippen LogP contribution in [0, 0.1) is 5.92 Å². The Morgan fingerprint density at radius 1 is 1.47 bits per heavy atom. The molecule has 0 aromatic carbocycles. The van der Waals surface area contributed by atoms with Gasteiger partial charge >= 0.3 is 0 Å². The second-order valence-electron chi connectivity index (χ2n) is 5.39. The zero-order chi connectivity index (χ0) is 13.5. The SMILES string of the molecule is CCC[C@H]1CCCN(C(=O)CCc2nccs2)CC1. The minimum Gasteiger partial charge on any atom is -0.343 e. The first-order chi connectivity index (χ1) is 9.29. The van der Waals surface area contributed by atoms with Gasteiger partial charge in [0.15, 0.2) is 0 Å². The van der Waals surface area contributed by atoms with Gasteiger partial charge in [-0.15, -0.1) is 11.3 Å². The molecule has 0 spiro atoms. The van der Waals surface area contributed by atoms with Crippen molar-refractivity contribution in [3.8, 4) is 0 Å². The quantitative estimate of drug-likeness (QED) is 0.827. The molecule has 19 heavy (non-hydrogen) atoms. The maximum absolute atomic E-state index is 12.2. The highest BCUT2D eigenvalue weighted by atomic mass is 32.1. The standard InChI is InChI=1S/C15H24N2OS/c1-2-4-13-5-3-10-17(11-8-13)15(18)7-6-14-16-9-12-19-14/h9,12-13H,2-8,10-11H2,1H3/t13-/m0/s1. The molecule has 2 rings (SSSR count). The number of aryl methyl sites for hydroxylation is 1. The number of rotatable bonds is 5. The van der Waals surface area contributed by atoms with Gasteiger partial charge in [-0.2, -0.15) is 0 Å². The first-order valence-electron chi connectivity index (χ1n) is 7.45. The Labute approximate surface area is 120 Å². The summed E-state index contributed by atoms with van der Waals surface area (Å²) in [5, 5.41) is 3.05. The average molecular weight is 280 g/mol. The zero-order valence-corrected chi connectivity index (χ0v) is 12.6. The van der Waals surface area contributed by atoms with Gasteiger partial charge in [0.1, 0.15) is 0 Å². The molecule has 2 heterocycles. The lowest BCUT2D eigenvalue weighted by atomic mass is 9.96. The van der Waals surface area contributed by atoms with Crippen LogP contribution < -0.4 is 0 Å². The number of hydrogen-bond acceptors (Lipinski definition) is 3. The molecule has 1 atom stereocenters. The van der Waals surface area contributed by atoms with Crippen molar-refractivity contribution in [1.82, 2.24) is 9.88 Å². The average Bonchev–Trinajstić information content (AvgIpc) is 2.82. The van der Waals surface area contributed by atoms with Crippen molar-refractivity contribution >= 4 is 17.2 Å². The third-order valence-electron chi connectivity index (χ3n) is 3.93. The van der Waals surface area contributed by atoms with Crippen molar-refractivity contribution in [3.63, 3.8) is 0 Å². The number of carbonyl (C=O) groups excluding carboxylic acids is 1. The summed E-state index contributed by atoms with van der Waals surface area (Å²) in [5.41, 5.74) is 0. The van der Waals surface area contributed by atoms with E-state index in [0.29, 0.717) is 12.3 Å². The van der Waals surface area contributed by atoms with Crippen molar-refractivity contribution in [2.24, 2.45) is 5.92 Å². The molecular weight excluding hydrogens is 256 g/mol. The summed E-state index contributed by atoms with van der Waals surface area (Å²) in [7, 11) is 0. The second kappa shape index (κ2) is 7.63. The Morgan fingerprint density at radius 3 is 3.11 bits per heavy atom. The van der Waals surface area contributed by atoms with Gasteiger partial charge in [-0.25, -0.2) is 4.98 Å². The molecule has 1 aromatic rings. The molecule has 1 amide bonds. The number of amides is 1. The summed E-state index contributed by atoms with van der Waals surface area (Å²) >= 11 is 1.64. The number of likely N-dealkylation sites (tertiary alicyclic amines) is 1. The highest BCUT2D eigenvalue weighted by Gasteiger charge is 2.20. The zero-order valence-electron chi connectivity index (χ0n) is 11.8. The van der Waals surface area contributed by atoms with Crippen LogP contribution in [-0.2, 0) is 11.2 Å². The lowest BCUT2D eigenvalue weighted by Crippen LogP contribution is -2.32. The van der Waals surface area contributed by atoms with Crippen LogP contribution in [0.2, 0.25) is 0 Å². The second-order valence-corrected chi connectivity index (χ2v) is 6.37. The number of carbonyl (C=O) groups is 1. The van der Waals surface area contributed by atoms with E-state index >= 15 is 0 Å². The van der Waals surface area contributed by atoms with Gasteiger partial charge in [-0.05, 0) is 25.2 Å².